The lowest BCUT2D eigenvalue weighted by atomic mass is 9.98. The van der Waals surface area contributed by atoms with Crippen molar-refractivity contribution in [3.8, 4) is 67.8 Å². The molecule has 0 atom stereocenters. The summed E-state index contributed by atoms with van der Waals surface area (Å²) in [6.45, 7) is 0. The van der Waals surface area contributed by atoms with E-state index in [9.17, 15) is 4.79 Å². The molecule has 7 heteroatoms. The van der Waals surface area contributed by atoms with E-state index in [0.717, 1.165) is 44.6 Å². The summed E-state index contributed by atoms with van der Waals surface area (Å²) in [5.41, 5.74) is 14.7. The fraction of sp³-hybridized carbons (Fsp3) is 0. The lowest BCUT2D eigenvalue weighted by Gasteiger charge is -2.13. The maximum absolute atomic E-state index is 14.3. The molecule has 266 valence electrons. The smallest absolute Gasteiger partial charge is 0.200 e. The number of hydrogen-bond donors (Lipinski definition) is 0. The molecule has 0 aliphatic heterocycles. The fourth-order valence-electron chi connectivity index (χ4n) is 7.05. The van der Waals surface area contributed by atoms with Gasteiger partial charge in [-0.05, 0) is 54.1 Å². The Morgan fingerprint density at radius 1 is 0.421 bits per heavy atom. The first kappa shape index (κ1) is 33.5. The Morgan fingerprint density at radius 3 is 1.61 bits per heavy atom. The molecule has 57 heavy (non-hydrogen) atoms. The summed E-state index contributed by atoms with van der Waals surface area (Å²) in [5.74, 6) is 2.17. The molecular formula is C50H29N5O2. The maximum Gasteiger partial charge on any atom is 0.200 e. The number of fused-ring (bicyclic) bond motifs is 2. The van der Waals surface area contributed by atoms with Crippen LogP contribution in [0, 0.1) is 0 Å². The van der Waals surface area contributed by atoms with E-state index in [1.807, 2.05) is 164 Å². The molecule has 0 radical (unpaired) electrons. The van der Waals surface area contributed by atoms with Gasteiger partial charge in [-0.15, -0.1) is 0 Å². The predicted octanol–water partition coefficient (Wildman–Crippen LogP) is 11.2. The Labute approximate surface area is 327 Å². The van der Waals surface area contributed by atoms with Gasteiger partial charge in [0.15, 0.2) is 23.3 Å². The van der Waals surface area contributed by atoms with Crippen molar-refractivity contribution >= 4 is 27.5 Å². The largest absolute Gasteiger partial charge is 0.454 e. The molecule has 0 N–H and O–H groups in total. The van der Waals surface area contributed by atoms with Crippen molar-refractivity contribution in [3.63, 3.8) is 0 Å². The van der Waals surface area contributed by atoms with E-state index < -0.39 is 0 Å². The topological polar surface area (TPSA) is 94.7 Å². The van der Waals surface area contributed by atoms with Gasteiger partial charge in [0.1, 0.15) is 11.2 Å². The lowest BCUT2D eigenvalue weighted by Crippen LogP contribution is -2.04. The van der Waals surface area contributed by atoms with Gasteiger partial charge in [-0.2, -0.15) is 0 Å². The number of rotatable bonds is 7. The van der Waals surface area contributed by atoms with Crippen LogP contribution >= 0.6 is 0 Å². The molecule has 0 saturated carbocycles. The van der Waals surface area contributed by atoms with Crippen molar-refractivity contribution in [1.29, 1.82) is 0 Å². The number of para-hydroxylation sites is 2. The first-order valence-electron chi connectivity index (χ1n) is 18.5. The Kier molecular flexibility index (Phi) is 8.40. The summed E-state index contributed by atoms with van der Waals surface area (Å²) in [4.78, 5) is 39.0. The molecule has 9 aromatic rings. The first-order chi connectivity index (χ1) is 28.2. The number of hydrogen-bond acceptors (Lipinski definition) is 7. The Hall–Kier alpha value is -8.08. The third-order valence-corrected chi connectivity index (χ3v) is 9.84. The van der Waals surface area contributed by atoms with E-state index >= 15 is 0 Å². The minimum atomic E-state index is -0.127. The van der Waals surface area contributed by atoms with Crippen molar-refractivity contribution < 1.29 is 4.42 Å². The number of allylic oxidation sites excluding steroid dienone is 4. The quantitative estimate of drug-likeness (QED) is 0.119. The Balaban J connectivity index is 1.14. The second-order valence-electron chi connectivity index (χ2n) is 13.5. The minimum Gasteiger partial charge on any atom is -0.454 e. The number of nitrogens with zero attached hydrogens (tertiary/aromatic N) is 5. The van der Waals surface area contributed by atoms with Gasteiger partial charge in [0.2, 0.25) is 5.43 Å². The summed E-state index contributed by atoms with van der Waals surface area (Å²) in [7, 11) is 0. The summed E-state index contributed by atoms with van der Waals surface area (Å²) < 4.78 is 6.88. The highest BCUT2D eigenvalue weighted by molar-refractivity contribution is 6.01. The van der Waals surface area contributed by atoms with Crippen LogP contribution in [-0.4, -0.2) is 24.9 Å². The molecule has 0 saturated heterocycles. The van der Waals surface area contributed by atoms with Gasteiger partial charge in [0, 0.05) is 39.0 Å². The van der Waals surface area contributed by atoms with Gasteiger partial charge >= 0.3 is 0 Å². The third kappa shape index (κ3) is 6.37. The van der Waals surface area contributed by atoms with E-state index in [2.05, 4.69) is 11.5 Å². The monoisotopic (exact) mass is 731 g/mol. The number of aromatic nitrogens is 5. The number of benzene rings is 6. The molecule has 1 aliphatic carbocycles. The predicted molar refractivity (Wildman–Crippen MR) is 226 cm³/mol. The summed E-state index contributed by atoms with van der Waals surface area (Å²) >= 11 is 0. The SMILES string of the molecule is O=c1c2cccc(-c3cccc(-c4nc(C5=CC=C=C=C5)nc(-c5ccccc5)n4)c3)c2oc2c(-c3cc(-c4ccccc4)nc(-c4ccccc4)n3)cccc12. The molecule has 0 unspecified atom stereocenters. The van der Waals surface area contributed by atoms with Gasteiger partial charge in [0.25, 0.3) is 0 Å². The first-order valence-corrected chi connectivity index (χ1v) is 18.5. The molecule has 7 nitrogen and oxygen atoms in total. The van der Waals surface area contributed by atoms with Gasteiger partial charge in [-0.25, -0.2) is 24.9 Å². The van der Waals surface area contributed by atoms with Crippen LogP contribution in [0.5, 0.6) is 0 Å². The van der Waals surface area contributed by atoms with Crippen LogP contribution in [0.25, 0.3) is 95.3 Å². The second kappa shape index (κ2) is 14.3. The standard InChI is InChI=1S/C50H29N5O2/c56-44-40-28-14-26-38(36-24-13-25-37(30-36)50-54-48(34-20-9-3-10-21-34)53-49(55-50)35-22-11-4-12-23-35)45(40)57-46-39(27-15-29-41(44)46)43-31-42(32-16-5-1-6-17-32)51-47(52-43)33-18-7-2-8-19-33/h1-3,5-11,13-31H. The van der Waals surface area contributed by atoms with Crippen LogP contribution in [-0.2, 0) is 0 Å². The Morgan fingerprint density at radius 2 is 0.947 bits per heavy atom. The molecule has 3 heterocycles. The molecule has 10 rings (SSSR count). The molecule has 3 aromatic heterocycles. The zero-order valence-electron chi connectivity index (χ0n) is 30.3. The molecular weight excluding hydrogens is 703 g/mol. The molecule has 1 aliphatic rings. The summed E-state index contributed by atoms with van der Waals surface area (Å²) in [6.07, 6.45) is 5.51. The van der Waals surface area contributed by atoms with Gasteiger partial charge in [-0.3, -0.25) is 4.79 Å². The van der Waals surface area contributed by atoms with E-state index in [4.69, 9.17) is 29.3 Å². The molecule has 6 aromatic carbocycles. The lowest BCUT2D eigenvalue weighted by molar-refractivity contribution is 0.662. The maximum atomic E-state index is 14.3. The normalized spacial score (nSPS) is 12.0. The average Bonchev–Trinajstić information content (AvgIpc) is 3.30. The minimum absolute atomic E-state index is 0.127. The molecule has 0 spiro atoms. The summed E-state index contributed by atoms with van der Waals surface area (Å²) in [5, 5.41) is 0.945. The highest BCUT2D eigenvalue weighted by Crippen LogP contribution is 2.36. The van der Waals surface area contributed by atoms with Crippen LogP contribution in [0.15, 0.2) is 197 Å². The Bertz CT molecular complexity index is 3160. The van der Waals surface area contributed by atoms with Crippen molar-refractivity contribution in [2.75, 3.05) is 0 Å². The van der Waals surface area contributed by atoms with Gasteiger partial charge < -0.3 is 4.42 Å². The average molecular weight is 732 g/mol. The van der Waals surface area contributed by atoms with Crippen LogP contribution in [0.1, 0.15) is 5.82 Å². The van der Waals surface area contributed by atoms with E-state index in [0.29, 0.717) is 56.5 Å². The van der Waals surface area contributed by atoms with Crippen LogP contribution < -0.4 is 5.43 Å². The van der Waals surface area contributed by atoms with Crippen LogP contribution in [0.3, 0.4) is 0 Å². The zero-order valence-corrected chi connectivity index (χ0v) is 30.3. The molecule has 0 fully saturated rings. The van der Waals surface area contributed by atoms with E-state index in [-0.39, 0.29) is 5.43 Å². The zero-order chi connectivity index (χ0) is 38.1. The fourth-order valence-corrected chi connectivity index (χ4v) is 7.05. The van der Waals surface area contributed by atoms with Crippen molar-refractivity contribution in [2.24, 2.45) is 0 Å². The highest BCUT2D eigenvalue weighted by atomic mass is 16.3. The third-order valence-electron chi connectivity index (χ3n) is 9.84. The van der Waals surface area contributed by atoms with Crippen molar-refractivity contribution in [2.45, 2.75) is 0 Å². The van der Waals surface area contributed by atoms with Gasteiger partial charge in [-0.1, -0.05) is 139 Å². The van der Waals surface area contributed by atoms with E-state index in [1.54, 1.807) is 12.1 Å². The van der Waals surface area contributed by atoms with Crippen molar-refractivity contribution in [1.82, 2.24) is 24.9 Å². The van der Waals surface area contributed by atoms with Crippen molar-refractivity contribution in [3.05, 3.63) is 203 Å². The van der Waals surface area contributed by atoms with Crippen LogP contribution in [0.2, 0.25) is 0 Å². The van der Waals surface area contributed by atoms with Gasteiger partial charge in [0.05, 0.1) is 22.2 Å². The second-order valence-corrected chi connectivity index (χ2v) is 13.5. The molecule has 0 amide bonds. The van der Waals surface area contributed by atoms with E-state index in [1.165, 1.54) is 0 Å². The molecule has 0 bridgehead atoms. The van der Waals surface area contributed by atoms with Crippen LogP contribution in [0.4, 0.5) is 0 Å². The highest BCUT2D eigenvalue weighted by Gasteiger charge is 2.19. The summed E-state index contributed by atoms with van der Waals surface area (Å²) in [6, 6.07) is 50.9.